The zero-order valence-electron chi connectivity index (χ0n) is 13.3. The van der Waals surface area contributed by atoms with E-state index < -0.39 is 0 Å². The first kappa shape index (κ1) is 15.4. The number of anilines is 1. The fourth-order valence-electron chi connectivity index (χ4n) is 3.06. The molecule has 0 spiro atoms. The molecule has 4 rings (SSSR count). The Bertz CT molecular complexity index is 1210. The Balaban J connectivity index is 2.24. The van der Waals surface area contributed by atoms with Crippen LogP contribution in [0.1, 0.15) is 5.56 Å². The fraction of sp³-hybridized carbons (Fsp3) is 0.0556. The number of pyridine rings is 1. The van der Waals surface area contributed by atoms with Gasteiger partial charge < -0.3 is 5.73 Å². The molecule has 0 saturated carbocycles. The number of fused-ring (bicyclic) bond motifs is 2. The lowest BCUT2D eigenvalue weighted by molar-refractivity contribution is 1.06. The first-order valence-electron chi connectivity index (χ1n) is 7.60. The monoisotopic (exact) mass is 351 g/mol. The van der Waals surface area contributed by atoms with Crippen molar-refractivity contribution in [3.8, 4) is 5.69 Å². The lowest BCUT2D eigenvalue weighted by Crippen LogP contribution is -2.24. The minimum absolute atomic E-state index is 0.140. The van der Waals surface area contributed by atoms with Gasteiger partial charge in [-0.3, -0.25) is 19.5 Å². The first-order valence-corrected chi connectivity index (χ1v) is 7.98. The molecule has 0 amide bonds. The number of nitrogens with zero attached hydrogens (tertiary/aromatic N) is 3. The topological polar surface area (TPSA) is 89.1 Å². The minimum atomic E-state index is -0.321. The summed E-state index contributed by atoms with van der Waals surface area (Å²) in [7, 11) is 1.64. The molecule has 4 aromatic rings. The number of aliphatic imine (C=N–C) groups is 1. The summed E-state index contributed by atoms with van der Waals surface area (Å²) in [6, 6.07) is 11.0. The van der Waals surface area contributed by atoms with Crippen LogP contribution in [-0.4, -0.2) is 28.0 Å². The standard InChI is InChI=1S/C18H14ClN5O/c1-21-8-12-11-6-5-10(19)7-16(11)24(18(25)17(12)20)15-4-2-3-14-13(15)9-22-23-14/h2-9H,20H2,1H3,(H,22,23). The van der Waals surface area contributed by atoms with E-state index in [0.29, 0.717) is 21.8 Å². The number of nitrogens with one attached hydrogen (secondary N) is 1. The van der Waals surface area contributed by atoms with Crippen LogP contribution < -0.4 is 11.3 Å². The minimum Gasteiger partial charge on any atom is -0.394 e. The van der Waals surface area contributed by atoms with E-state index in [9.17, 15) is 4.79 Å². The maximum Gasteiger partial charge on any atom is 0.279 e. The number of aromatic amines is 1. The molecule has 0 radical (unpaired) electrons. The van der Waals surface area contributed by atoms with Crippen LogP contribution in [-0.2, 0) is 0 Å². The average Bonchev–Trinajstić information content (AvgIpc) is 3.08. The van der Waals surface area contributed by atoms with Gasteiger partial charge in [-0.15, -0.1) is 0 Å². The van der Waals surface area contributed by atoms with Crippen molar-refractivity contribution in [3.05, 3.63) is 63.5 Å². The Morgan fingerprint density at radius 1 is 1.28 bits per heavy atom. The van der Waals surface area contributed by atoms with Crippen LogP contribution in [0.2, 0.25) is 5.02 Å². The molecule has 0 aliphatic rings. The van der Waals surface area contributed by atoms with E-state index in [0.717, 1.165) is 16.3 Å². The number of hydrogen-bond donors (Lipinski definition) is 2. The van der Waals surface area contributed by atoms with Crippen molar-refractivity contribution >= 4 is 45.3 Å². The van der Waals surface area contributed by atoms with Crippen molar-refractivity contribution < 1.29 is 0 Å². The maximum absolute atomic E-state index is 13.1. The zero-order valence-corrected chi connectivity index (χ0v) is 14.1. The molecule has 2 aromatic carbocycles. The fourth-order valence-corrected chi connectivity index (χ4v) is 3.23. The highest BCUT2D eigenvalue weighted by atomic mass is 35.5. The third-order valence-electron chi connectivity index (χ3n) is 4.18. The molecular formula is C18H14ClN5O. The number of benzene rings is 2. The molecule has 2 aromatic heterocycles. The van der Waals surface area contributed by atoms with Gasteiger partial charge in [-0.25, -0.2) is 0 Å². The molecule has 0 aliphatic heterocycles. The lowest BCUT2D eigenvalue weighted by Gasteiger charge is -2.15. The smallest absolute Gasteiger partial charge is 0.279 e. The number of halogens is 1. The predicted octanol–water partition coefficient (Wildman–Crippen LogP) is 3.15. The Kier molecular flexibility index (Phi) is 3.54. The van der Waals surface area contributed by atoms with Crippen LogP contribution in [0.5, 0.6) is 0 Å². The highest BCUT2D eigenvalue weighted by Crippen LogP contribution is 2.28. The van der Waals surface area contributed by atoms with Crippen molar-refractivity contribution in [2.75, 3.05) is 12.8 Å². The summed E-state index contributed by atoms with van der Waals surface area (Å²) in [5, 5.41) is 9.13. The lowest BCUT2D eigenvalue weighted by atomic mass is 10.1. The van der Waals surface area contributed by atoms with E-state index in [2.05, 4.69) is 15.2 Å². The summed E-state index contributed by atoms with van der Waals surface area (Å²) < 4.78 is 1.57. The molecule has 3 N–H and O–H groups in total. The third-order valence-corrected chi connectivity index (χ3v) is 4.41. The van der Waals surface area contributed by atoms with Gasteiger partial charge in [0.1, 0.15) is 5.69 Å². The second kappa shape index (κ2) is 5.75. The van der Waals surface area contributed by atoms with Crippen LogP contribution >= 0.6 is 11.6 Å². The summed E-state index contributed by atoms with van der Waals surface area (Å²) in [5.74, 6) is 0. The summed E-state index contributed by atoms with van der Waals surface area (Å²) in [4.78, 5) is 17.1. The van der Waals surface area contributed by atoms with E-state index >= 15 is 0 Å². The van der Waals surface area contributed by atoms with E-state index in [4.69, 9.17) is 17.3 Å². The molecule has 0 bridgehead atoms. The normalized spacial score (nSPS) is 11.8. The summed E-state index contributed by atoms with van der Waals surface area (Å²) in [6.45, 7) is 0. The van der Waals surface area contributed by atoms with Gasteiger partial charge in [0.2, 0.25) is 0 Å². The first-order chi connectivity index (χ1) is 12.1. The number of nitrogens with two attached hydrogens (primary N) is 1. The van der Waals surface area contributed by atoms with E-state index in [1.165, 1.54) is 0 Å². The highest BCUT2D eigenvalue weighted by Gasteiger charge is 2.17. The molecule has 0 saturated heterocycles. The van der Waals surface area contributed by atoms with Crippen molar-refractivity contribution in [2.24, 2.45) is 4.99 Å². The Morgan fingerprint density at radius 2 is 2.12 bits per heavy atom. The molecule has 2 heterocycles. The molecule has 124 valence electrons. The van der Waals surface area contributed by atoms with Gasteiger partial charge >= 0.3 is 0 Å². The number of rotatable bonds is 2. The van der Waals surface area contributed by atoms with E-state index in [1.807, 2.05) is 24.3 Å². The summed E-state index contributed by atoms with van der Waals surface area (Å²) in [6.07, 6.45) is 3.28. The molecular weight excluding hydrogens is 338 g/mol. The molecule has 0 aliphatic carbocycles. The van der Waals surface area contributed by atoms with Gasteiger partial charge in [-0.1, -0.05) is 23.7 Å². The van der Waals surface area contributed by atoms with Gasteiger partial charge in [0.25, 0.3) is 5.56 Å². The molecule has 0 unspecified atom stereocenters. The quantitative estimate of drug-likeness (QED) is 0.544. The Morgan fingerprint density at radius 3 is 2.92 bits per heavy atom. The van der Waals surface area contributed by atoms with Gasteiger partial charge in [0.05, 0.1) is 22.9 Å². The molecule has 6 nitrogen and oxygen atoms in total. The van der Waals surface area contributed by atoms with Gasteiger partial charge in [-0.05, 0) is 24.3 Å². The van der Waals surface area contributed by atoms with Gasteiger partial charge in [0, 0.05) is 34.6 Å². The van der Waals surface area contributed by atoms with Crippen LogP contribution in [0.25, 0.3) is 27.5 Å². The van der Waals surface area contributed by atoms with Crippen LogP contribution in [0.3, 0.4) is 0 Å². The van der Waals surface area contributed by atoms with Crippen LogP contribution in [0.15, 0.2) is 52.4 Å². The SMILES string of the molecule is CN=Cc1c(N)c(=O)n(-c2cccc3[nH]ncc23)c2cc(Cl)ccc12. The largest absolute Gasteiger partial charge is 0.394 e. The maximum atomic E-state index is 13.1. The van der Waals surface area contributed by atoms with Gasteiger partial charge in [0.15, 0.2) is 0 Å². The Labute approximate surface area is 147 Å². The van der Waals surface area contributed by atoms with Crippen molar-refractivity contribution in [2.45, 2.75) is 0 Å². The number of hydrogen-bond acceptors (Lipinski definition) is 4. The van der Waals surface area contributed by atoms with Crippen molar-refractivity contribution in [3.63, 3.8) is 0 Å². The van der Waals surface area contributed by atoms with Crippen molar-refractivity contribution in [1.29, 1.82) is 0 Å². The second-order valence-corrected chi connectivity index (χ2v) is 6.06. The molecule has 0 atom stereocenters. The zero-order chi connectivity index (χ0) is 17.6. The second-order valence-electron chi connectivity index (χ2n) is 5.63. The average molecular weight is 352 g/mol. The van der Waals surface area contributed by atoms with Crippen LogP contribution in [0.4, 0.5) is 5.69 Å². The van der Waals surface area contributed by atoms with E-state index in [1.54, 1.807) is 36.2 Å². The number of nitrogen functional groups attached to an aromatic ring is 1. The van der Waals surface area contributed by atoms with Gasteiger partial charge in [-0.2, -0.15) is 5.10 Å². The summed E-state index contributed by atoms with van der Waals surface area (Å²) in [5.41, 5.74) is 8.74. The predicted molar refractivity (Wildman–Crippen MR) is 102 cm³/mol. The summed E-state index contributed by atoms with van der Waals surface area (Å²) >= 11 is 6.20. The van der Waals surface area contributed by atoms with Crippen LogP contribution in [0, 0.1) is 0 Å². The Hall–Kier alpha value is -3.12. The third kappa shape index (κ3) is 2.30. The molecule has 25 heavy (non-hydrogen) atoms. The van der Waals surface area contributed by atoms with Crippen molar-refractivity contribution in [1.82, 2.24) is 14.8 Å². The van der Waals surface area contributed by atoms with E-state index in [-0.39, 0.29) is 11.2 Å². The highest BCUT2D eigenvalue weighted by molar-refractivity contribution is 6.31. The number of H-pyrrole nitrogens is 1. The number of aromatic nitrogens is 3. The molecule has 0 fully saturated rings. The molecule has 7 heteroatoms.